The molecule has 2 heterocycles. The van der Waals surface area contributed by atoms with Crippen molar-refractivity contribution >= 4 is 17.4 Å². The van der Waals surface area contributed by atoms with Gasteiger partial charge in [0, 0.05) is 44.1 Å². The highest BCUT2D eigenvalue weighted by atomic mass is 16.3. The number of nitrogens with one attached hydrogen (secondary N) is 2. The number of anilines is 2. The number of amides is 2. The van der Waals surface area contributed by atoms with E-state index in [-0.39, 0.29) is 11.4 Å². The van der Waals surface area contributed by atoms with Crippen molar-refractivity contribution in [2.45, 2.75) is 39.3 Å². The molecule has 0 radical (unpaired) electrons. The molecule has 6 nitrogen and oxygen atoms in total. The molecule has 0 spiro atoms. The van der Waals surface area contributed by atoms with Crippen molar-refractivity contribution in [3.63, 3.8) is 0 Å². The molecule has 33 heavy (non-hydrogen) atoms. The summed E-state index contributed by atoms with van der Waals surface area (Å²) in [5, 5.41) is 5.81. The normalized spacial score (nSPS) is 15.4. The van der Waals surface area contributed by atoms with Gasteiger partial charge in [0.1, 0.15) is 5.76 Å². The number of piperazine rings is 1. The molecule has 6 heteroatoms. The largest absolute Gasteiger partial charge is 0.468 e. The molecular weight excluding hydrogens is 412 g/mol. The third-order valence-corrected chi connectivity index (χ3v) is 6.05. The van der Waals surface area contributed by atoms with Gasteiger partial charge in [-0.25, -0.2) is 4.79 Å². The molecule has 0 aliphatic carbocycles. The summed E-state index contributed by atoms with van der Waals surface area (Å²) in [4.78, 5) is 17.3. The Kier molecular flexibility index (Phi) is 7.16. The molecule has 3 aromatic rings. The van der Waals surface area contributed by atoms with Gasteiger partial charge in [0.15, 0.2) is 0 Å². The Bertz CT molecular complexity index is 1010. The van der Waals surface area contributed by atoms with E-state index in [9.17, 15) is 4.79 Å². The van der Waals surface area contributed by atoms with Crippen LogP contribution in [-0.4, -0.2) is 42.0 Å². The van der Waals surface area contributed by atoms with E-state index in [0.29, 0.717) is 0 Å². The maximum absolute atomic E-state index is 12.4. The van der Waals surface area contributed by atoms with E-state index in [0.717, 1.165) is 56.4 Å². The summed E-state index contributed by atoms with van der Waals surface area (Å²) in [6, 6.07) is 19.8. The lowest BCUT2D eigenvalue weighted by Gasteiger charge is -2.34. The fraction of sp³-hybridized carbons (Fsp3) is 0.370. The number of hydrogen-bond acceptors (Lipinski definition) is 4. The molecule has 174 valence electrons. The van der Waals surface area contributed by atoms with Crippen LogP contribution in [0.15, 0.2) is 71.3 Å². The maximum Gasteiger partial charge on any atom is 0.323 e. The minimum absolute atomic E-state index is 0.0933. The molecule has 0 saturated carbocycles. The predicted molar refractivity (Wildman–Crippen MR) is 133 cm³/mol. The first kappa shape index (κ1) is 23.1. The Hall–Kier alpha value is -3.09. The number of hydrogen-bond donors (Lipinski definition) is 2. The van der Waals surface area contributed by atoms with Gasteiger partial charge in [-0.15, -0.1) is 0 Å². The van der Waals surface area contributed by atoms with Crippen LogP contribution in [0.2, 0.25) is 0 Å². The first-order chi connectivity index (χ1) is 15.8. The Morgan fingerprint density at radius 2 is 1.36 bits per heavy atom. The monoisotopic (exact) mass is 446 g/mol. The zero-order chi connectivity index (χ0) is 23.3. The highest BCUT2D eigenvalue weighted by molar-refractivity contribution is 5.99. The fourth-order valence-electron chi connectivity index (χ4n) is 4.03. The molecule has 1 fully saturated rings. The Balaban J connectivity index is 1.22. The van der Waals surface area contributed by atoms with E-state index >= 15 is 0 Å². The van der Waals surface area contributed by atoms with Gasteiger partial charge in [0.25, 0.3) is 0 Å². The molecule has 1 aliphatic rings. The summed E-state index contributed by atoms with van der Waals surface area (Å²) < 4.78 is 5.46. The van der Waals surface area contributed by atoms with Crippen LogP contribution in [0.25, 0.3) is 0 Å². The van der Waals surface area contributed by atoms with E-state index < -0.39 is 0 Å². The molecule has 2 aromatic carbocycles. The van der Waals surface area contributed by atoms with Gasteiger partial charge in [-0.1, -0.05) is 45.0 Å². The predicted octanol–water partition coefficient (Wildman–Crippen LogP) is 5.54. The molecule has 1 aromatic heterocycles. The lowest BCUT2D eigenvalue weighted by Crippen LogP contribution is -2.45. The third kappa shape index (κ3) is 6.70. The standard InChI is InChI=1S/C27H34N4O2/c1-27(2,3)22-8-12-24(13-9-22)29-26(32)28-23-10-6-21(7-11-23)19-30-14-16-31(17-15-30)20-25-5-4-18-33-25/h4-13,18H,14-17,19-20H2,1-3H3,(H2,28,29,32). The molecule has 0 bridgehead atoms. The number of rotatable bonds is 6. The Labute approximate surface area is 196 Å². The quantitative estimate of drug-likeness (QED) is 0.522. The highest BCUT2D eigenvalue weighted by Crippen LogP contribution is 2.23. The van der Waals surface area contributed by atoms with Gasteiger partial charge in [0.05, 0.1) is 12.8 Å². The summed E-state index contributed by atoms with van der Waals surface area (Å²) in [5.74, 6) is 1.03. The van der Waals surface area contributed by atoms with E-state index in [1.165, 1.54) is 11.1 Å². The van der Waals surface area contributed by atoms with E-state index in [2.05, 4.69) is 65.5 Å². The number of benzene rings is 2. The van der Waals surface area contributed by atoms with Crippen LogP contribution in [0, 0.1) is 0 Å². The van der Waals surface area contributed by atoms with Gasteiger partial charge < -0.3 is 15.1 Å². The highest BCUT2D eigenvalue weighted by Gasteiger charge is 2.18. The van der Waals surface area contributed by atoms with Crippen molar-refractivity contribution in [2.24, 2.45) is 0 Å². The lowest BCUT2D eigenvalue weighted by atomic mass is 9.87. The number of nitrogens with zero attached hydrogens (tertiary/aromatic N) is 2. The van der Waals surface area contributed by atoms with Crippen LogP contribution in [0.3, 0.4) is 0 Å². The van der Waals surface area contributed by atoms with Crippen LogP contribution in [0.1, 0.15) is 37.7 Å². The molecule has 0 atom stereocenters. The summed E-state index contributed by atoms with van der Waals surface area (Å²) in [7, 11) is 0. The van der Waals surface area contributed by atoms with Crippen molar-refractivity contribution in [2.75, 3.05) is 36.8 Å². The molecule has 0 unspecified atom stereocenters. The van der Waals surface area contributed by atoms with Gasteiger partial charge in [-0.2, -0.15) is 0 Å². The summed E-state index contributed by atoms with van der Waals surface area (Å²) in [6.45, 7) is 12.5. The van der Waals surface area contributed by atoms with E-state index in [4.69, 9.17) is 4.42 Å². The molecular formula is C27H34N4O2. The summed E-state index contributed by atoms with van der Waals surface area (Å²) >= 11 is 0. The zero-order valence-electron chi connectivity index (χ0n) is 19.8. The summed E-state index contributed by atoms with van der Waals surface area (Å²) in [5.41, 5.74) is 4.14. The second-order valence-corrected chi connectivity index (χ2v) is 9.74. The number of furan rings is 1. The van der Waals surface area contributed by atoms with Gasteiger partial charge in [0.2, 0.25) is 0 Å². The first-order valence-electron chi connectivity index (χ1n) is 11.6. The number of carbonyl (C=O) groups excluding carboxylic acids is 1. The van der Waals surface area contributed by atoms with Gasteiger partial charge in [-0.3, -0.25) is 9.80 Å². The summed E-state index contributed by atoms with van der Waals surface area (Å²) in [6.07, 6.45) is 1.73. The number of urea groups is 1. The average Bonchev–Trinajstić information content (AvgIpc) is 3.29. The average molecular weight is 447 g/mol. The minimum Gasteiger partial charge on any atom is -0.468 e. The number of carbonyl (C=O) groups is 1. The smallest absolute Gasteiger partial charge is 0.323 e. The fourth-order valence-corrected chi connectivity index (χ4v) is 4.03. The van der Waals surface area contributed by atoms with Crippen molar-refractivity contribution in [1.82, 2.24) is 9.80 Å². The van der Waals surface area contributed by atoms with Crippen LogP contribution < -0.4 is 10.6 Å². The second-order valence-electron chi connectivity index (χ2n) is 9.74. The van der Waals surface area contributed by atoms with Crippen LogP contribution in [-0.2, 0) is 18.5 Å². The van der Waals surface area contributed by atoms with Crippen molar-refractivity contribution in [3.05, 3.63) is 83.8 Å². The first-order valence-corrected chi connectivity index (χ1v) is 11.6. The Morgan fingerprint density at radius 1 is 0.818 bits per heavy atom. The Morgan fingerprint density at radius 3 is 1.88 bits per heavy atom. The molecule has 1 aliphatic heterocycles. The molecule has 2 amide bonds. The minimum atomic E-state index is -0.237. The zero-order valence-corrected chi connectivity index (χ0v) is 19.8. The van der Waals surface area contributed by atoms with Gasteiger partial charge in [-0.05, 0) is 52.9 Å². The molecule has 4 rings (SSSR count). The lowest BCUT2D eigenvalue weighted by molar-refractivity contribution is 0.116. The maximum atomic E-state index is 12.4. The van der Waals surface area contributed by atoms with Crippen molar-refractivity contribution in [3.8, 4) is 0 Å². The topological polar surface area (TPSA) is 60.8 Å². The van der Waals surface area contributed by atoms with Crippen molar-refractivity contribution in [1.29, 1.82) is 0 Å². The molecule has 1 saturated heterocycles. The second kappa shape index (κ2) is 10.2. The third-order valence-electron chi connectivity index (χ3n) is 6.05. The SMILES string of the molecule is CC(C)(C)c1ccc(NC(=O)Nc2ccc(CN3CCN(Cc4ccco4)CC3)cc2)cc1. The van der Waals surface area contributed by atoms with E-state index in [1.807, 2.05) is 36.4 Å². The van der Waals surface area contributed by atoms with Crippen molar-refractivity contribution < 1.29 is 9.21 Å². The molecule has 2 N–H and O–H groups in total. The van der Waals surface area contributed by atoms with Crippen LogP contribution in [0.4, 0.5) is 16.2 Å². The van der Waals surface area contributed by atoms with Crippen LogP contribution >= 0.6 is 0 Å². The van der Waals surface area contributed by atoms with Crippen LogP contribution in [0.5, 0.6) is 0 Å². The van der Waals surface area contributed by atoms with E-state index in [1.54, 1.807) is 6.26 Å². The van der Waals surface area contributed by atoms with Gasteiger partial charge >= 0.3 is 6.03 Å².